The average molecular weight is 388 g/mol. The molecule has 3 rings (SSSR count). The second-order valence-corrected chi connectivity index (χ2v) is 7.41. The maximum Gasteiger partial charge on any atom is 0.231 e. The van der Waals surface area contributed by atoms with Crippen molar-refractivity contribution in [1.82, 2.24) is 20.1 Å². The maximum absolute atomic E-state index is 13.4. The summed E-state index contributed by atoms with van der Waals surface area (Å²) in [5, 5.41) is 11.9. The number of carbonyl (C=O) groups excluding carboxylic acids is 1. The zero-order valence-corrected chi connectivity index (χ0v) is 15.9. The molecule has 6 nitrogen and oxygen atoms in total. The van der Waals surface area contributed by atoms with Crippen LogP contribution >= 0.6 is 11.8 Å². The number of likely N-dealkylation sites (tertiary alicyclic amines) is 1. The molecule has 27 heavy (non-hydrogen) atoms. The number of terminal acetylenes is 1. The van der Waals surface area contributed by atoms with Crippen LogP contribution in [0.15, 0.2) is 29.4 Å². The number of carbonyl (C=O) groups is 1. The smallest absolute Gasteiger partial charge is 0.231 e. The Morgan fingerprint density at radius 1 is 1.26 bits per heavy atom. The Bertz CT molecular complexity index is 808. The first-order valence-electron chi connectivity index (χ1n) is 9.04. The van der Waals surface area contributed by atoms with Crippen LogP contribution in [0.25, 0.3) is 5.69 Å². The highest BCUT2D eigenvalue weighted by molar-refractivity contribution is 7.99. The number of hydrogen-bond donors (Lipinski definition) is 2. The molecule has 2 heterocycles. The SMILES string of the molecule is C#CCNC(=O)CSc1nnc(C[NH+]2CCCCC2)n1-c1ccc(F)cc1. The van der Waals surface area contributed by atoms with Crippen molar-refractivity contribution in [3.63, 3.8) is 0 Å². The summed E-state index contributed by atoms with van der Waals surface area (Å²) in [6.07, 6.45) is 8.88. The summed E-state index contributed by atoms with van der Waals surface area (Å²) in [5.74, 6) is 2.94. The van der Waals surface area contributed by atoms with E-state index in [2.05, 4.69) is 21.4 Å². The van der Waals surface area contributed by atoms with Crippen LogP contribution in [-0.2, 0) is 11.3 Å². The van der Waals surface area contributed by atoms with E-state index in [0.29, 0.717) is 5.16 Å². The maximum atomic E-state index is 13.4. The minimum atomic E-state index is -0.294. The molecule has 8 heteroatoms. The lowest BCUT2D eigenvalue weighted by Crippen LogP contribution is -3.11. The van der Waals surface area contributed by atoms with Crippen LogP contribution in [0.5, 0.6) is 0 Å². The summed E-state index contributed by atoms with van der Waals surface area (Å²) in [4.78, 5) is 13.3. The standard InChI is InChI=1S/C19H22FN5OS/c1-2-10-21-18(26)14-27-19-23-22-17(13-24-11-4-3-5-12-24)25(19)16-8-6-15(20)7-9-16/h1,6-9H,3-5,10-14H2,(H,21,26)/p+1. The number of thioether (sulfide) groups is 1. The van der Waals surface area contributed by atoms with Crippen LogP contribution < -0.4 is 10.2 Å². The second kappa shape index (κ2) is 9.53. The third-order valence-corrected chi connectivity index (χ3v) is 5.40. The number of halogens is 1. The van der Waals surface area contributed by atoms with Gasteiger partial charge >= 0.3 is 0 Å². The average Bonchev–Trinajstić information content (AvgIpc) is 3.08. The first kappa shape index (κ1) is 19.4. The van der Waals surface area contributed by atoms with E-state index < -0.39 is 0 Å². The molecular formula is C19H23FN5OS+. The number of quaternary nitrogens is 1. The van der Waals surface area contributed by atoms with Crippen LogP contribution in [0.1, 0.15) is 25.1 Å². The number of aromatic nitrogens is 3. The minimum Gasteiger partial charge on any atom is -0.344 e. The summed E-state index contributed by atoms with van der Waals surface area (Å²) in [5.41, 5.74) is 0.791. The number of benzene rings is 1. The Morgan fingerprint density at radius 2 is 2.00 bits per heavy atom. The van der Waals surface area contributed by atoms with Gasteiger partial charge in [-0.05, 0) is 43.5 Å². The highest BCUT2D eigenvalue weighted by atomic mass is 32.2. The van der Waals surface area contributed by atoms with Gasteiger partial charge < -0.3 is 10.2 Å². The van der Waals surface area contributed by atoms with E-state index >= 15 is 0 Å². The molecule has 142 valence electrons. The van der Waals surface area contributed by atoms with E-state index in [9.17, 15) is 9.18 Å². The predicted molar refractivity (Wildman–Crippen MR) is 102 cm³/mol. The number of nitrogens with one attached hydrogen (secondary N) is 2. The topological polar surface area (TPSA) is 64.2 Å². The number of piperidine rings is 1. The van der Waals surface area contributed by atoms with Crippen LogP contribution in [-0.4, -0.2) is 46.1 Å². The van der Waals surface area contributed by atoms with Crippen molar-refractivity contribution in [2.45, 2.75) is 31.0 Å². The molecule has 1 aromatic carbocycles. The van der Waals surface area contributed by atoms with E-state index in [1.807, 2.05) is 4.57 Å². The van der Waals surface area contributed by atoms with Gasteiger partial charge in [-0.15, -0.1) is 16.6 Å². The van der Waals surface area contributed by atoms with E-state index in [4.69, 9.17) is 6.42 Å². The minimum absolute atomic E-state index is 0.158. The van der Waals surface area contributed by atoms with E-state index in [-0.39, 0.29) is 24.0 Å². The van der Waals surface area contributed by atoms with Gasteiger partial charge in [0.25, 0.3) is 0 Å². The van der Waals surface area contributed by atoms with Crippen molar-refractivity contribution in [2.24, 2.45) is 0 Å². The van der Waals surface area contributed by atoms with Crippen molar-refractivity contribution in [3.05, 3.63) is 35.9 Å². The molecule has 2 aromatic rings. The van der Waals surface area contributed by atoms with Gasteiger partial charge in [0.05, 0.1) is 25.4 Å². The molecule has 1 amide bonds. The van der Waals surface area contributed by atoms with Gasteiger partial charge in [0.15, 0.2) is 11.0 Å². The molecule has 0 spiro atoms. The fourth-order valence-corrected chi connectivity index (χ4v) is 3.94. The number of nitrogens with zero attached hydrogens (tertiary/aromatic N) is 3. The Hall–Kier alpha value is -2.37. The molecular weight excluding hydrogens is 365 g/mol. The van der Waals surface area contributed by atoms with E-state index in [1.165, 1.54) is 48.1 Å². The lowest BCUT2D eigenvalue weighted by atomic mass is 10.1. The molecule has 0 unspecified atom stereocenters. The zero-order chi connectivity index (χ0) is 19.1. The Balaban J connectivity index is 1.80. The quantitative estimate of drug-likeness (QED) is 0.545. The molecule has 1 fully saturated rings. The van der Waals surface area contributed by atoms with Gasteiger partial charge in [0, 0.05) is 5.69 Å². The fourth-order valence-electron chi connectivity index (χ4n) is 3.14. The molecule has 0 saturated carbocycles. The van der Waals surface area contributed by atoms with Crippen molar-refractivity contribution >= 4 is 17.7 Å². The van der Waals surface area contributed by atoms with E-state index in [0.717, 1.165) is 31.1 Å². The molecule has 0 aliphatic carbocycles. The summed E-state index contributed by atoms with van der Waals surface area (Å²) in [6, 6.07) is 6.24. The summed E-state index contributed by atoms with van der Waals surface area (Å²) in [6.45, 7) is 3.20. The second-order valence-electron chi connectivity index (χ2n) is 6.47. The number of rotatable bonds is 7. The van der Waals surface area contributed by atoms with Gasteiger partial charge in [0.1, 0.15) is 12.4 Å². The van der Waals surface area contributed by atoms with Crippen LogP contribution in [0.4, 0.5) is 4.39 Å². The molecule has 1 saturated heterocycles. The van der Waals surface area contributed by atoms with Crippen molar-refractivity contribution < 1.29 is 14.1 Å². The first-order chi connectivity index (χ1) is 13.2. The van der Waals surface area contributed by atoms with Gasteiger partial charge in [-0.2, -0.15) is 0 Å². The van der Waals surface area contributed by atoms with Crippen LogP contribution in [0.2, 0.25) is 0 Å². The summed E-state index contributed by atoms with van der Waals surface area (Å²) < 4.78 is 15.3. The van der Waals surface area contributed by atoms with E-state index in [1.54, 1.807) is 12.1 Å². The van der Waals surface area contributed by atoms with Crippen molar-refractivity contribution in [2.75, 3.05) is 25.4 Å². The molecule has 1 aromatic heterocycles. The fraction of sp³-hybridized carbons (Fsp3) is 0.421. The third kappa shape index (κ3) is 5.31. The van der Waals surface area contributed by atoms with Gasteiger partial charge in [-0.1, -0.05) is 17.7 Å². The molecule has 0 radical (unpaired) electrons. The summed E-state index contributed by atoms with van der Waals surface area (Å²) in [7, 11) is 0. The first-order valence-corrected chi connectivity index (χ1v) is 10.0. The molecule has 0 atom stereocenters. The molecule has 2 N–H and O–H groups in total. The van der Waals surface area contributed by atoms with Crippen LogP contribution in [0.3, 0.4) is 0 Å². The molecule has 0 bridgehead atoms. The molecule has 1 aliphatic heterocycles. The van der Waals surface area contributed by atoms with Crippen LogP contribution in [0, 0.1) is 18.2 Å². The Labute approximate surface area is 162 Å². The van der Waals surface area contributed by atoms with Crippen molar-refractivity contribution in [3.8, 4) is 18.0 Å². The highest BCUT2D eigenvalue weighted by Gasteiger charge is 2.21. The Kier molecular flexibility index (Phi) is 6.85. The lowest BCUT2D eigenvalue weighted by molar-refractivity contribution is -0.919. The number of hydrogen-bond acceptors (Lipinski definition) is 4. The number of amides is 1. The zero-order valence-electron chi connectivity index (χ0n) is 15.1. The van der Waals surface area contributed by atoms with Gasteiger partial charge in [-0.25, -0.2) is 4.39 Å². The van der Waals surface area contributed by atoms with Crippen molar-refractivity contribution in [1.29, 1.82) is 0 Å². The Morgan fingerprint density at radius 3 is 2.70 bits per heavy atom. The third-order valence-electron chi connectivity index (χ3n) is 4.47. The lowest BCUT2D eigenvalue weighted by Gasteiger charge is -2.23. The predicted octanol–water partition coefficient (Wildman–Crippen LogP) is 0.817. The largest absolute Gasteiger partial charge is 0.344 e. The molecule has 1 aliphatic rings. The summed E-state index contributed by atoms with van der Waals surface area (Å²) >= 11 is 1.29. The van der Waals surface area contributed by atoms with Gasteiger partial charge in [-0.3, -0.25) is 9.36 Å². The normalized spacial score (nSPS) is 14.7. The van der Waals surface area contributed by atoms with Gasteiger partial charge in [0.2, 0.25) is 5.91 Å². The highest BCUT2D eigenvalue weighted by Crippen LogP contribution is 2.22. The monoisotopic (exact) mass is 388 g/mol.